The van der Waals surface area contributed by atoms with Crippen molar-refractivity contribution >= 4 is 27.7 Å². The molecular formula is C13H12BrN5O4. The number of ether oxygens (including phenoxy) is 1. The average Bonchev–Trinajstić information content (AvgIpc) is 2.90. The number of halogens is 1. The first-order valence-electron chi connectivity index (χ1n) is 6.80. The number of rotatable bonds is 2. The van der Waals surface area contributed by atoms with Gasteiger partial charge in [-0.25, -0.2) is 4.98 Å². The Balaban J connectivity index is 1.75. The standard InChI is InChI=1S/C13H12BrN5O4/c14-9-1-2-10(15-7-9)12(20)17-3-4-18-8-11(19(21)22)16-13(18)23-6-5-17/h1-2,7-8H,3-6H2. The third-order valence-corrected chi connectivity index (χ3v) is 3.82. The molecule has 2 aromatic heterocycles. The second-order valence-corrected chi connectivity index (χ2v) is 5.75. The average molecular weight is 382 g/mol. The minimum absolute atomic E-state index is 0.200. The molecule has 0 spiro atoms. The first-order chi connectivity index (χ1) is 11.0. The lowest BCUT2D eigenvalue weighted by atomic mass is 10.3. The summed E-state index contributed by atoms with van der Waals surface area (Å²) in [5, 5.41) is 10.8. The molecule has 3 rings (SSSR count). The summed E-state index contributed by atoms with van der Waals surface area (Å²) in [6.45, 7) is 1.31. The molecule has 10 heteroatoms. The molecule has 2 aromatic rings. The highest BCUT2D eigenvalue weighted by atomic mass is 79.9. The van der Waals surface area contributed by atoms with Crippen LogP contribution in [-0.2, 0) is 6.54 Å². The molecule has 0 bridgehead atoms. The number of hydrogen-bond donors (Lipinski definition) is 0. The molecule has 120 valence electrons. The Morgan fingerprint density at radius 1 is 1.35 bits per heavy atom. The van der Waals surface area contributed by atoms with Crippen LogP contribution in [0.2, 0.25) is 0 Å². The van der Waals surface area contributed by atoms with Crippen LogP contribution in [0.1, 0.15) is 10.5 Å². The lowest BCUT2D eigenvalue weighted by Gasteiger charge is -2.24. The van der Waals surface area contributed by atoms with Crippen molar-refractivity contribution in [2.45, 2.75) is 6.54 Å². The SMILES string of the molecule is O=C(c1ccc(Br)cn1)N1CCOc2nc([N+](=O)[O-])cn2CC1. The smallest absolute Gasteiger partial charge is 0.414 e. The van der Waals surface area contributed by atoms with Crippen molar-refractivity contribution in [1.29, 1.82) is 0 Å². The van der Waals surface area contributed by atoms with E-state index in [4.69, 9.17) is 4.74 Å². The normalized spacial score (nSPS) is 14.4. The maximum atomic E-state index is 12.5. The number of carbonyl (C=O) groups is 1. The van der Waals surface area contributed by atoms with Crippen molar-refractivity contribution in [2.75, 3.05) is 19.7 Å². The van der Waals surface area contributed by atoms with E-state index in [1.54, 1.807) is 23.2 Å². The van der Waals surface area contributed by atoms with E-state index in [1.165, 1.54) is 10.8 Å². The van der Waals surface area contributed by atoms with Gasteiger partial charge in [-0.2, -0.15) is 0 Å². The summed E-state index contributed by atoms with van der Waals surface area (Å²) < 4.78 is 7.75. The monoisotopic (exact) mass is 381 g/mol. The van der Waals surface area contributed by atoms with Gasteiger partial charge in [0.25, 0.3) is 5.91 Å². The van der Waals surface area contributed by atoms with Crippen LogP contribution in [0.5, 0.6) is 6.01 Å². The predicted octanol–water partition coefficient (Wildman–Crippen LogP) is 1.48. The molecule has 0 atom stereocenters. The van der Waals surface area contributed by atoms with Gasteiger partial charge >= 0.3 is 11.8 Å². The lowest BCUT2D eigenvalue weighted by Crippen LogP contribution is -2.39. The van der Waals surface area contributed by atoms with Crippen LogP contribution in [0.4, 0.5) is 5.82 Å². The van der Waals surface area contributed by atoms with Crippen LogP contribution < -0.4 is 4.74 Å². The van der Waals surface area contributed by atoms with Crippen LogP contribution >= 0.6 is 15.9 Å². The zero-order valence-electron chi connectivity index (χ0n) is 11.9. The Morgan fingerprint density at radius 2 is 2.17 bits per heavy atom. The van der Waals surface area contributed by atoms with Crippen LogP contribution in [0, 0.1) is 10.1 Å². The maximum absolute atomic E-state index is 12.5. The number of carbonyl (C=O) groups excluding carboxylic acids is 1. The largest absolute Gasteiger partial charge is 0.444 e. The fraction of sp³-hybridized carbons (Fsp3) is 0.308. The molecular weight excluding hydrogens is 370 g/mol. The van der Waals surface area contributed by atoms with E-state index in [-0.39, 0.29) is 24.3 Å². The molecule has 0 aromatic carbocycles. The number of pyridine rings is 1. The predicted molar refractivity (Wildman–Crippen MR) is 82.2 cm³/mol. The van der Waals surface area contributed by atoms with Crippen molar-refractivity contribution < 1.29 is 14.5 Å². The van der Waals surface area contributed by atoms with Gasteiger partial charge in [-0.1, -0.05) is 0 Å². The third kappa shape index (κ3) is 3.31. The van der Waals surface area contributed by atoms with Crippen molar-refractivity contribution in [3.05, 3.63) is 44.8 Å². The molecule has 0 N–H and O–H groups in total. The van der Waals surface area contributed by atoms with Gasteiger partial charge in [-0.15, -0.1) is 0 Å². The second-order valence-electron chi connectivity index (χ2n) is 4.83. The van der Waals surface area contributed by atoms with Gasteiger partial charge < -0.3 is 19.8 Å². The minimum Gasteiger partial charge on any atom is -0.444 e. The molecule has 23 heavy (non-hydrogen) atoms. The number of nitrogens with zero attached hydrogens (tertiary/aromatic N) is 5. The lowest BCUT2D eigenvalue weighted by molar-refractivity contribution is -0.389. The van der Waals surface area contributed by atoms with Crippen molar-refractivity contribution in [1.82, 2.24) is 19.4 Å². The molecule has 1 amide bonds. The summed E-state index contributed by atoms with van der Waals surface area (Å²) in [6, 6.07) is 3.59. The first kappa shape index (κ1) is 15.4. The molecule has 0 aliphatic carbocycles. The Morgan fingerprint density at radius 3 is 2.87 bits per heavy atom. The molecule has 9 nitrogen and oxygen atoms in total. The molecule has 0 radical (unpaired) electrons. The maximum Gasteiger partial charge on any atom is 0.414 e. The topological polar surface area (TPSA) is 103 Å². The van der Waals surface area contributed by atoms with Gasteiger partial charge in [-0.05, 0) is 33.0 Å². The van der Waals surface area contributed by atoms with E-state index >= 15 is 0 Å². The van der Waals surface area contributed by atoms with Gasteiger partial charge in [0.2, 0.25) is 0 Å². The number of hydrogen-bond acceptors (Lipinski definition) is 6. The van der Waals surface area contributed by atoms with Crippen molar-refractivity contribution in [3.63, 3.8) is 0 Å². The number of aromatic nitrogens is 3. The van der Waals surface area contributed by atoms with E-state index in [1.807, 2.05) is 0 Å². The molecule has 1 aliphatic rings. The summed E-state index contributed by atoms with van der Waals surface area (Å²) in [7, 11) is 0. The Kier molecular flexibility index (Phi) is 4.24. The van der Waals surface area contributed by atoms with Crippen molar-refractivity contribution in [2.24, 2.45) is 0 Å². The van der Waals surface area contributed by atoms with Crippen LogP contribution in [0.15, 0.2) is 29.0 Å². The number of imidazole rings is 1. The number of nitro groups is 1. The van der Waals surface area contributed by atoms with E-state index in [9.17, 15) is 14.9 Å². The van der Waals surface area contributed by atoms with Gasteiger partial charge in [0.1, 0.15) is 18.5 Å². The molecule has 0 fully saturated rings. The molecule has 0 saturated heterocycles. The number of fused-ring (bicyclic) bond motifs is 1. The summed E-state index contributed by atoms with van der Waals surface area (Å²) in [5.41, 5.74) is 0.339. The molecule has 0 unspecified atom stereocenters. The summed E-state index contributed by atoms with van der Waals surface area (Å²) in [6.07, 6.45) is 2.87. The zero-order valence-corrected chi connectivity index (χ0v) is 13.5. The Bertz CT molecular complexity index is 745. The van der Waals surface area contributed by atoms with E-state index in [2.05, 4.69) is 25.9 Å². The zero-order chi connectivity index (χ0) is 16.4. The fourth-order valence-corrected chi connectivity index (χ4v) is 2.44. The quantitative estimate of drug-likeness (QED) is 0.576. The van der Waals surface area contributed by atoms with Gasteiger partial charge in [0.15, 0.2) is 0 Å². The highest BCUT2D eigenvalue weighted by Crippen LogP contribution is 2.19. The summed E-state index contributed by atoms with van der Waals surface area (Å²) in [5.74, 6) is -0.478. The molecule has 3 heterocycles. The highest BCUT2D eigenvalue weighted by Gasteiger charge is 2.25. The Hall–Kier alpha value is -2.49. The summed E-state index contributed by atoms with van der Waals surface area (Å²) in [4.78, 5) is 32.2. The van der Waals surface area contributed by atoms with Crippen LogP contribution in [0.25, 0.3) is 0 Å². The van der Waals surface area contributed by atoms with Crippen LogP contribution in [0.3, 0.4) is 0 Å². The summed E-state index contributed by atoms with van der Waals surface area (Å²) >= 11 is 3.27. The van der Waals surface area contributed by atoms with E-state index in [0.717, 1.165) is 4.47 Å². The van der Waals surface area contributed by atoms with Gasteiger partial charge in [0.05, 0.1) is 6.54 Å². The van der Waals surface area contributed by atoms with E-state index in [0.29, 0.717) is 25.3 Å². The van der Waals surface area contributed by atoms with E-state index < -0.39 is 4.92 Å². The first-order valence-corrected chi connectivity index (χ1v) is 7.59. The number of amides is 1. The molecule has 0 saturated carbocycles. The molecule has 1 aliphatic heterocycles. The highest BCUT2D eigenvalue weighted by molar-refractivity contribution is 9.10. The van der Waals surface area contributed by atoms with Gasteiger partial charge in [-0.3, -0.25) is 9.36 Å². The van der Waals surface area contributed by atoms with Crippen LogP contribution in [-0.4, -0.2) is 50.0 Å². The second kappa shape index (κ2) is 6.32. The van der Waals surface area contributed by atoms with Crippen molar-refractivity contribution in [3.8, 4) is 6.01 Å². The minimum atomic E-state index is -0.573. The van der Waals surface area contributed by atoms with Gasteiger partial charge in [0, 0.05) is 28.7 Å². The third-order valence-electron chi connectivity index (χ3n) is 3.35. The Labute approximate surface area is 139 Å². The fourth-order valence-electron chi connectivity index (χ4n) is 2.20.